The SMILES string of the molecule is CN(C(=O)/C(C#N)=C\NC(=O)c1ccc(N)cc1)C1CCCCC1. The van der Waals surface area contributed by atoms with Gasteiger partial charge in [0.1, 0.15) is 11.6 Å². The van der Waals surface area contributed by atoms with Crippen LogP contribution < -0.4 is 11.1 Å². The molecule has 0 aromatic heterocycles. The molecule has 1 aliphatic rings. The highest BCUT2D eigenvalue weighted by atomic mass is 16.2. The number of benzene rings is 1. The maximum Gasteiger partial charge on any atom is 0.266 e. The van der Waals surface area contributed by atoms with Crippen molar-refractivity contribution in [3.05, 3.63) is 41.6 Å². The molecule has 0 radical (unpaired) electrons. The van der Waals surface area contributed by atoms with Crippen molar-refractivity contribution in [2.24, 2.45) is 0 Å². The average molecular weight is 326 g/mol. The highest BCUT2D eigenvalue weighted by Crippen LogP contribution is 2.22. The van der Waals surface area contributed by atoms with Crippen molar-refractivity contribution in [2.75, 3.05) is 12.8 Å². The first-order valence-electron chi connectivity index (χ1n) is 8.06. The Kier molecular flexibility index (Phi) is 5.96. The lowest BCUT2D eigenvalue weighted by atomic mass is 9.94. The Morgan fingerprint density at radius 2 is 1.88 bits per heavy atom. The van der Waals surface area contributed by atoms with Gasteiger partial charge in [0, 0.05) is 30.5 Å². The fourth-order valence-corrected chi connectivity index (χ4v) is 2.82. The number of carbonyl (C=O) groups is 2. The van der Waals surface area contributed by atoms with Gasteiger partial charge >= 0.3 is 0 Å². The van der Waals surface area contributed by atoms with Gasteiger partial charge in [0.05, 0.1) is 0 Å². The summed E-state index contributed by atoms with van der Waals surface area (Å²) in [5.41, 5.74) is 6.47. The van der Waals surface area contributed by atoms with Crippen LogP contribution in [0.25, 0.3) is 0 Å². The van der Waals surface area contributed by atoms with Crippen LogP contribution in [-0.2, 0) is 4.79 Å². The molecule has 2 rings (SSSR count). The third-order valence-corrected chi connectivity index (χ3v) is 4.31. The first-order chi connectivity index (χ1) is 11.5. The van der Waals surface area contributed by atoms with E-state index in [0.29, 0.717) is 11.3 Å². The minimum Gasteiger partial charge on any atom is -0.399 e. The first-order valence-corrected chi connectivity index (χ1v) is 8.06. The molecule has 1 aromatic carbocycles. The summed E-state index contributed by atoms with van der Waals surface area (Å²) in [4.78, 5) is 26.1. The zero-order valence-electron chi connectivity index (χ0n) is 13.8. The lowest BCUT2D eigenvalue weighted by Crippen LogP contribution is -2.39. The zero-order valence-corrected chi connectivity index (χ0v) is 13.8. The van der Waals surface area contributed by atoms with Gasteiger partial charge in [0.25, 0.3) is 11.8 Å². The summed E-state index contributed by atoms with van der Waals surface area (Å²) in [6, 6.07) is 8.44. The zero-order chi connectivity index (χ0) is 17.5. The Balaban J connectivity index is 2.02. The molecule has 1 aromatic rings. The Morgan fingerprint density at radius 1 is 1.25 bits per heavy atom. The summed E-state index contributed by atoms with van der Waals surface area (Å²) in [7, 11) is 1.71. The van der Waals surface area contributed by atoms with Crippen molar-refractivity contribution < 1.29 is 9.59 Å². The second-order valence-electron chi connectivity index (χ2n) is 5.97. The first kappa shape index (κ1) is 17.5. The summed E-state index contributed by atoms with van der Waals surface area (Å²) >= 11 is 0. The molecule has 3 N–H and O–H groups in total. The van der Waals surface area contributed by atoms with Crippen LogP contribution >= 0.6 is 0 Å². The van der Waals surface area contributed by atoms with Crippen molar-refractivity contribution >= 4 is 17.5 Å². The third-order valence-electron chi connectivity index (χ3n) is 4.31. The number of nitrogen functional groups attached to an aromatic ring is 1. The van der Waals surface area contributed by atoms with Crippen LogP contribution in [0.1, 0.15) is 42.5 Å². The highest BCUT2D eigenvalue weighted by molar-refractivity contribution is 5.99. The van der Waals surface area contributed by atoms with E-state index in [1.807, 2.05) is 6.07 Å². The number of likely N-dealkylation sites (N-methyl/N-ethyl adjacent to an activating group) is 1. The Hall–Kier alpha value is -2.81. The second kappa shape index (κ2) is 8.16. The number of nitrogens with one attached hydrogen (secondary N) is 1. The largest absolute Gasteiger partial charge is 0.399 e. The van der Waals surface area contributed by atoms with E-state index in [0.717, 1.165) is 25.7 Å². The van der Waals surface area contributed by atoms with E-state index in [2.05, 4.69) is 5.32 Å². The van der Waals surface area contributed by atoms with Gasteiger partial charge < -0.3 is 16.0 Å². The number of carbonyl (C=O) groups excluding carboxylic acids is 2. The van der Waals surface area contributed by atoms with Crippen LogP contribution in [0.5, 0.6) is 0 Å². The molecule has 0 atom stereocenters. The smallest absolute Gasteiger partial charge is 0.266 e. The molecule has 6 nitrogen and oxygen atoms in total. The molecule has 1 saturated carbocycles. The van der Waals surface area contributed by atoms with Crippen molar-refractivity contribution in [2.45, 2.75) is 38.1 Å². The number of nitriles is 1. The van der Waals surface area contributed by atoms with Gasteiger partial charge in [-0.25, -0.2) is 0 Å². The second-order valence-corrected chi connectivity index (χ2v) is 5.97. The average Bonchev–Trinajstić information content (AvgIpc) is 2.62. The summed E-state index contributed by atoms with van der Waals surface area (Å²) in [5.74, 6) is -0.752. The Morgan fingerprint density at radius 3 is 2.46 bits per heavy atom. The van der Waals surface area contributed by atoms with Gasteiger partial charge in [-0.3, -0.25) is 9.59 Å². The van der Waals surface area contributed by atoms with E-state index in [-0.39, 0.29) is 17.5 Å². The molecule has 0 spiro atoms. The summed E-state index contributed by atoms with van der Waals surface area (Å²) in [5, 5.41) is 11.7. The van der Waals surface area contributed by atoms with Crippen molar-refractivity contribution in [3.8, 4) is 6.07 Å². The number of hydrogen-bond acceptors (Lipinski definition) is 4. The minimum atomic E-state index is -0.393. The molecule has 126 valence electrons. The molecule has 0 unspecified atom stereocenters. The van der Waals surface area contributed by atoms with Crippen LogP contribution in [0.4, 0.5) is 5.69 Å². The monoisotopic (exact) mass is 326 g/mol. The number of hydrogen-bond donors (Lipinski definition) is 2. The number of rotatable bonds is 4. The van der Waals surface area contributed by atoms with E-state index in [9.17, 15) is 14.9 Å². The molecule has 1 aliphatic carbocycles. The molecule has 0 aliphatic heterocycles. The molecule has 0 bridgehead atoms. The van der Waals surface area contributed by atoms with Gasteiger partial charge in [-0.05, 0) is 37.1 Å². The number of anilines is 1. The van der Waals surface area contributed by atoms with Crippen LogP contribution in [-0.4, -0.2) is 29.8 Å². The van der Waals surface area contributed by atoms with Gasteiger partial charge in [-0.15, -0.1) is 0 Å². The Bertz CT molecular complexity index is 667. The third kappa shape index (κ3) is 4.35. The Labute approximate surface area is 141 Å². The number of amides is 2. The quantitative estimate of drug-likeness (QED) is 0.503. The van der Waals surface area contributed by atoms with E-state index in [4.69, 9.17) is 5.73 Å². The summed E-state index contributed by atoms with van der Waals surface area (Å²) in [6.07, 6.45) is 6.48. The van der Waals surface area contributed by atoms with Crippen molar-refractivity contribution in [1.29, 1.82) is 5.26 Å². The fourth-order valence-electron chi connectivity index (χ4n) is 2.82. The summed E-state index contributed by atoms with van der Waals surface area (Å²) < 4.78 is 0. The summed E-state index contributed by atoms with van der Waals surface area (Å²) in [6.45, 7) is 0. The van der Waals surface area contributed by atoms with Crippen LogP contribution in [0.3, 0.4) is 0 Å². The van der Waals surface area contributed by atoms with Crippen LogP contribution in [0.2, 0.25) is 0 Å². The van der Waals surface area contributed by atoms with Crippen molar-refractivity contribution in [3.63, 3.8) is 0 Å². The number of nitrogens with two attached hydrogens (primary N) is 1. The standard InChI is InChI=1S/C18H22N4O2/c1-22(16-5-3-2-4-6-16)18(24)14(11-19)12-21-17(23)13-7-9-15(20)10-8-13/h7-10,12,16H,2-6,20H2,1H3,(H,21,23)/b14-12-. The van der Waals surface area contributed by atoms with Gasteiger partial charge in [0.15, 0.2) is 0 Å². The van der Waals surface area contributed by atoms with E-state index < -0.39 is 5.91 Å². The van der Waals surface area contributed by atoms with Crippen molar-refractivity contribution in [1.82, 2.24) is 10.2 Å². The molecule has 6 heteroatoms. The van der Waals surface area contributed by atoms with Gasteiger partial charge in [0.2, 0.25) is 0 Å². The lowest BCUT2D eigenvalue weighted by Gasteiger charge is -2.31. The molecular weight excluding hydrogens is 304 g/mol. The van der Waals surface area contributed by atoms with Gasteiger partial charge in [-0.1, -0.05) is 19.3 Å². The molecule has 2 amide bonds. The normalized spacial score (nSPS) is 15.4. The molecular formula is C18H22N4O2. The lowest BCUT2D eigenvalue weighted by molar-refractivity contribution is -0.128. The molecule has 0 heterocycles. The minimum absolute atomic E-state index is 0.0770. The molecule has 0 saturated heterocycles. The van der Waals surface area contributed by atoms with E-state index in [1.165, 1.54) is 12.6 Å². The van der Waals surface area contributed by atoms with Crippen LogP contribution in [0, 0.1) is 11.3 Å². The van der Waals surface area contributed by atoms with E-state index >= 15 is 0 Å². The van der Waals surface area contributed by atoms with Crippen LogP contribution in [0.15, 0.2) is 36.0 Å². The topological polar surface area (TPSA) is 99.2 Å². The fraction of sp³-hybridized carbons (Fsp3) is 0.389. The predicted octanol–water partition coefficient (Wildman–Crippen LogP) is 2.20. The molecule has 24 heavy (non-hydrogen) atoms. The number of nitrogens with zero attached hydrogens (tertiary/aromatic N) is 2. The highest BCUT2D eigenvalue weighted by Gasteiger charge is 2.24. The maximum absolute atomic E-state index is 12.4. The van der Waals surface area contributed by atoms with E-state index in [1.54, 1.807) is 36.2 Å². The molecule has 1 fully saturated rings. The maximum atomic E-state index is 12.4. The van der Waals surface area contributed by atoms with Gasteiger partial charge in [-0.2, -0.15) is 5.26 Å². The predicted molar refractivity (Wildman–Crippen MR) is 91.7 cm³/mol.